The fraction of sp³-hybridized carbons (Fsp3) is 0.667. The number of hydrogen-bond donors (Lipinski definition) is 1. The SMILES string of the molecule is Cc1cccc(C)c1CC1(O)CC2COCC(C1)N2C(=O)OC(C)(C)C. The van der Waals surface area contributed by atoms with Crippen molar-refractivity contribution in [1.82, 2.24) is 4.90 Å². The van der Waals surface area contributed by atoms with Crippen LogP contribution in [0, 0.1) is 13.8 Å². The zero-order valence-electron chi connectivity index (χ0n) is 16.5. The van der Waals surface area contributed by atoms with Gasteiger partial charge in [0.2, 0.25) is 0 Å². The Morgan fingerprint density at radius 3 is 2.27 bits per heavy atom. The number of piperidine rings is 1. The first-order valence-electron chi connectivity index (χ1n) is 9.44. The van der Waals surface area contributed by atoms with Gasteiger partial charge in [0.05, 0.1) is 30.9 Å². The zero-order valence-corrected chi connectivity index (χ0v) is 16.5. The summed E-state index contributed by atoms with van der Waals surface area (Å²) in [5.74, 6) is 0. The highest BCUT2D eigenvalue weighted by Crippen LogP contribution is 2.38. The van der Waals surface area contributed by atoms with E-state index in [1.54, 1.807) is 4.90 Å². The number of rotatable bonds is 2. The van der Waals surface area contributed by atoms with Crippen molar-refractivity contribution < 1.29 is 19.4 Å². The molecule has 26 heavy (non-hydrogen) atoms. The summed E-state index contributed by atoms with van der Waals surface area (Å²) in [6.07, 6.45) is 1.33. The van der Waals surface area contributed by atoms with Gasteiger partial charge in [-0.1, -0.05) is 18.2 Å². The molecular weight excluding hydrogens is 330 g/mol. The Bertz CT molecular complexity index is 645. The lowest BCUT2D eigenvalue weighted by Crippen LogP contribution is -2.64. The lowest BCUT2D eigenvalue weighted by atomic mass is 9.76. The summed E-state index contributed by atoms with van der Waals surface area (Å²) in [6.45, 7) is 10.7. The van der Waals surface area contributed by atoms with E-state index in [9.17, 15) is 9.90 Å². The maximum atomic E-state index is 12.7. The largest absolute Gasteiger partial charge is 0.444 e. The Morgan fingerprint density at radius 1 is 1.23 bits per heavy atom. The van der Waals surface area contributed by atoms with Crippen molar-refractivity contribution >= 4 is 6.09 Å². The number of carbonyl (C=O) groups excluding carboxylic acids is 1. The Labute approximate surface area is 156 Å². The number of ether oxygens (including phenoxy) is 2. The van der Waals surface area contributed by atoms with Crippen molar-refractivity contribution in [2.24, 2.45) is 0 Å². The van der Waals surface area contributed by atoms with Gasteiger partial charge in [-0.25, -0.2) is 4.79 Å². The Morgan fingerprint density at radius 2 is 1.77 bits per heavy atom. The third-order valence-corrected chi connectivity index (χ3v) is 5.39. The summed E-state index contributed by atoms with van der Waals surface area (Å²) in [6, 6.07) is 5.93. The van der Waals surface area contributed by atoms with Gasteiger partial charge in [-0.3, -0.25) is 4.90 Å². The van der Waals surface area contributed by atoms with Crippen molar-refractivity contribution in [2.75, 3.05) is 13.2 Å². The summed E-state index contributed by atoms with van der Waals surface area (Å²) in [4.78, 5) is 14.5. The van der Waals surface area contributed by atoms with Gasteiger partial charge in [0.1, 0.15) is 5.60 Å². The molecule has 1 amide bonds. The van der Waals surface area contributed by atoms with Crippen LogP contribution in [-0.2, 0) is 15.9 Å². The second-order valence-electron chi connectivity index (χ2n) is 8.91. The van der Waals surface area contributed by atoms with Gasteiger partial charge in [-0.05, 0) is 64.2 Å². The fourth-order valence-electron chi connectivity index (χ4n) is 4.29. The molecule has 2 saturated heterocycles. The average molecular weight is 361 g/mol. The molecule has 2 fully saturated rings. The number of morpholine rings is 1. The van der Waals surface area contributed by atoms with Gasteiger partial charge in [-0.2, -0.15) is 0 Å². The second-order valence-corrected chi connectivity index (χ2v) is 8.91. The van der Waals surface area contributed by atoms with Crippen LogP contribution in [0.4, 0.5) is 4.79 Å². The van der Waals surface area contributed by atoms with Crippen LogP contribution in [0.2, 0.25) is 0 Å². The molecular formula is C21H31NO4. The maximum Gasteiger partial charge on any atom is 0.410 e. The van der Waals surface area contributed by atoms with Crippen molar-refractivity contribution in [3.05, 3.63) is 34.9 Å². The van der Waals surface area contributed by atoms with Crippen molar-refractivity contribution in [3.8, 4) is 0 Å². The highest BCUT2D eigenvalue weighted by Gasteiger charge is 2.49. The number of nitrogens with zero attached hydrogens (tertiary/aromatic N) is 1. The lowest BCUT2D eigenvalue weighted by Gasteiger charge is -2.51. The molecule has 0 saturated carbocycles. The van der Waals surface area contributed by atoms with Crippen LogP contribution in [-0.4, -0.2) is 52.6 Å². The zero-order chi connectivity index (χ0) is 19.1. The molecule has 2 atom stereocenters. The fourth-order valence-corrected chi connectivity index (χ4v) is 4.29. The number of aryl methyl sites for hydroxylation is 2. The molecule has 2 aliphatic rings. The minimum Gasteiger partial charge on any atom is -0.444 e. The van der Waals surface area contributed by atoms with E-state index in [-0.39, 0.29) is 18.2 Å². The van der Waals surface area contributed by atoms with Gasteiger partial charge in [0.15, 0.2) is 0 Å². The van der Waals surface area contributed by atoms with Gasteiger partial charge in [0.25, 0.3) is 0 Å². The van der Waals surface area contributed by atoms with Crippen LogP contribution >= 0.6 is 0 Å². The summed E-state index contributed by atoms with van der Waals surface area (Å²) in [7, 11) is 0. The minimum atomic E-state index is -0.825. The number of benzene rings is 1. The molecule has 0 radical (unpaired) electrons. The second kappa shape index (κ2) is 6.86. The van der Waals surface area contributed by atoms with Crippen LogP contribution in [0.3, 0.4) is 0 Å². The molecule has 1 N–H and O–H groups in total. The third-order valence-electron chi connectivity index (χ3n) is 5.39. The third kappa shape index (κ3) is 4.04. The van der Waals surface area contributed by atoms with E-state index in [0.29, 0.717) is 32.5 Å². The normalized spacial score (nSPS) is 28.8. The first-order chi connectivity index (χ1) is 12.1. The molecule has 0 aliphatic carbocycles. The Hall–Kier alpha value is -1.59. The predicted molar refractivity (Wildman–Crippen MR) is 100 cm³/mol. The smallest absolute Gasteiger partial charge is 0.410 e. The van der Waals surface area contributed by atoms with E-state index in [0.717, 1.165) is 0 Å². The molecule has 2 unspecified atom stereocenters. The topological polar surface area (TPSA) is 59.0 Å². The standard InChI is InChI=1S/C21H31NO4/c1-14-7-6-8-15(2)18(14)11-21(24)9-16-12-25-13-17(10-21)22(16)19(23)26-20(3,4)5/h6-8,16-17,24H,9-13H2,1-5H3. The van der Waals surface area contributed by atoms with E-state index < -0.39 is 11.2 Å². The molecule has 1 aromatic rings. The van der Waals surface area contributed by atoms with E-state index in [4.69, 9.17) is 9.47 Å². The van der Waals surface area contributed by atoms with Crippen LogP contribution in [0.5, 0.6) is 0 Å². The van der Waals surface area contributed by atoms with Gasteiger partial charge in [0, 0.05) is 6.42 Å². The number of aliphatic hydroxyl groups is 1. The first-order valence-corrected chi connectivity index (χ1v) is 9.44. The van der Waals surface area contributed by atoms with Gasteiger partial charge >= 0.3 is 6.09 Å². The molecule has 3 rings (SSSR count). The van der Waals surface area contributed by atoms with E-state index in [1.165, 1.54) is 16.7 Å². The van der Waals surface area contributed by atoms with E-state index in [1.807, 2.05) is 26.8 Å². The molecule has 2 heterocycles. The highest BCUT2D eigenvalue weighted by molar-refractivity contribution is 5.69. The quantitative estimate of drug-likeness (QED) is 0.877. The van der Waals surface area contributed by atoms with E-state index in [2.05, 4.69) is 26.0 Å². The minimum absolute atomic E-state index is 0.147. The first kappa shape index (κ1) is 19.2. The molecule has 5 nitrogen and oxygen atoms in total. The van der Waals surface area contributed by atoms with Crippen LogP contribution < -0.4 is 0 Å². The molecule has 144 valence electrons. The van der Waals surface area contributed by atoms with Gasteiger partial charge in [-0.15, -0.1) is 0 Å². The van der Waals surface area contributed by atoms with Gasteiger partial charge < -0.3 is 14.6 Å². The number of amides is 1. The molecule has 2 bridgehead atoms. The molecule has 2 aliphatic heterocycles. The molecule has 1 aromatic carbocycles. The van der Waals surface area contributed by atoms with Crippen LogP contribution in [0.1, 0.15) is 50.3 Å². The summed E-state index contributed by atoms with van der Waals surface area (Å²) in [5, 5.41) is 11.4. The number of hydrogen-bond acceptors (Lipinski definition) is 4. The monoisotopic (exact) mass is 361 g/mol. The highest BCUT2D eigenvalue weighted by atomic mass is 16.6. The Kier molecular flexibility index (Phi) is 5.06. The number of fused-ring (bicyclic) bond motifs is 2. The van der Waals surface area contributed by atoms with E-state index >= 15 is 0 Å². The molecule has 5 heteroatoms. The summed E-state index contributed by atoms with van der Waals surface area (Å²) < 4.78 is 11.3. The molecule has 0 aromatic heterocycles. The van der Waals surface area contributed by atoms with Crippen molar-refractivity contribution in [2.45, 2.75) is 77.2 Å². The number of carbonyl (C=O) groups is 1. The molecule has 0 spiro atoms. The predicted octanol–water partition coefficient (Wildman–Crippen LogP) is 3.38. The van der Waals surface area contributed by atoms with Crippen LogP contribution in [0.15, 0.2) is 18.2 Å². The Balaban J connectivity index is 1.79. The maximum absolute atomic E-state index is 12.7. The summed E-state index contributed by atoms with van der Waals surface area (Å²) in [5.41, 5.74) is 2.26. The van der Waals surface area contributed by atoms with Crippen molar-refractivity contribution in [3.63, 3.8) is 0 Å². The van der Waals surface area contributed by atoms with Crippen LogP contribution in [0.25, 0.3) is 0 Å². The average Bonchev–Trinajstić information content (AvgIpc) is 2.48. The van der Waals surface area contributed by atoms with Crippen molar-refractivity contribution in [1.29, 1.82) is 0 Å². The summed E-state index contributed by atoms with van der Waals surface area (Å²) >= 11 is 0. The lowest BCUT2D eigenvalue weighted by molar-refractivity contribution is -0.137.